The molecule has 0 radical (unpaired) electrons. The molecule has 0 aromatic heterocycles. The molecule has 7 heteroatoms. The minimum Gasteiger partial charge on any atom is -0.484 e. The molecule has 0 bridgehead atoms. The molecule has 0 aliphatic rings. The molecular formula is C20H23F3N2O2. The molecule has 2 rings (SSSR count). The first-order valence-corrected chi connectivity index (χ1v) is 8.74. The average Bonchev–Trinajstić information content (AvgIpc) is 2.66. The van der Waals surface area contributed by atoms with Gasteiger partial charge in [-0.05, 0) is 49.7 Å². The van der Waals surface area contributed by atoms with Gasteiger partial charge in [-0.15, -0.1) is 0 Å². The molecular weight excluding hydrogens is 357 g/mol. The van der Waals surface area contributed by atoms with E-state index in [1.165, 1.54) is 12.1 Å². The number of amides is 1. The summed E-state index contributed by atoms with van der Waals surface area (Å²) in [4.78, 5) is 14.1. The summed E-state index contributed by atoms with van der Waals surface area (Å²) in [5, 5.41) is 2.69. The predicted molar refractivity (Wildman–Crippen MR) is 98.8 cm³/mol. The van der Waals surface area contributed by atoms with Gasteiger partial charge in [0.25, 0.3) is 5.91 Å². The Morgan fingerprint density at radius 1 is 1.07 bits per heavy atom. The second-order valence-corrected chi connectivity index (χ2v) is 5.93. The first-order valence-electron chi connectivity index (χ1n) is 8.74. The lowest BCUT2D eigenvalue weighted by Gasteiger charge is -2.21. The van der Waals surface area contributed by atoms with E-state index >= 15 is 0 Å². The van der Waals surface area contributed by atoms with Crippen LogP contribution in [0, 0.1) is 0 Å². The molecule has 2 aromatic rings. The molecule has 1 amide bonds. The van der Waals surface area contributed by atoms with Gasteiger partial charge in [-0.3, -0.25) is 4.79 Å². The van der Waals surface area contributed by atoms with E-state index < -0.39 is 17.6 Å². The van der Waals surface area contributed by atoms with Gasteiger partial charge in [0.15, 0.2) is 6.61 Å². The van der Waals surface area contributed by atoms with E-state index in [9.17, 15) is 18.0 Å². The summed E-state index contributed by atoms with van der Waals surface area (Å²) in [6.45, 7) is 5.98. The van der Waals surface area contributed by atoms with Gasteiger partial charge in [-0.2, -0.15) is 13.2 Å². The number of alkyl halides is 3. The zero-order valence-electron chi connectivity index (χ0n) is 15.3. The third-order valence-corrected chi connectivity index (χ3v) is 4.09. The number of nitrogens with one attached hydrogen (secondary N) is 1. The number of anilines is 1. The highest BCUT2D eigenvalue weighted by Crippen LogP contribution is 2.31. The van der Waals surface area contributed by atoms with Gasteiger partial charge in [0.05, 0.1) is 5.56 Å². The Hall–Kier alpha value is -2.70. The van der Waals surface area contributed by atoms with Crippen molar-refractivity contribution in [2.75, 3.05) is 24.6 Å². The molecule has 0 atom stereocenters. The number of carbonyl (C=O) groups excluding carboxylic acids is 1. The molecule has 1 N–H and O–H groups in total. The van der Waals surface area contributed by atoms with Crippen molar-refractivity contribution in [3.63, 3.8) is 0 Å². The summed E-state index contributed by atoms with van der Waals surface area (Å²) >= 11 is 0. The van der Waals surface area contributed by atoms with E-state index in [0.29, 0.717) is 6.54 Å². The van der Waals surface area contributed by atoms with Crippen molar-refractivity contribution in [2.45, 2.75) is 26.6 Å². The summed E-state index contributed by atoms with van der Waals surface area (Å²) in [7, 11) is 0. The Bertz CT molecular complexity index is 742. The highest BCUT2D eigenvalue weighted by Gasteiger charge is 2.30. The molecule has 4 nitrogen and oxygen atoms in total. The fourth-order valence-electron chi connectivity index (χ4n) is 2.58. The maximum Gasteiger partial charge on any atom is 0.416 e. The molecule has 0 aliphatic heterocycles. The van der Waals surface area contributed by atoms with E-state index in [1.807, 2.05) is 24.3 Å². The van der Waals surface area contributed by atoms with Crippen LogP contribution in [-0.2, 0) is 17.5 Å². The smallest absolute Gasteiger partial charge is 0.416 e. The lowest BCUT2D eigenvalue weighted by Crippen LogP contribution is -2.28. The lowest BCUT2D eigenvalue weighted by atomic mass is 10.2. The number of ether oxygens (including phenoxy) is 1. The summed E-state index contributed by atoms with van der Waals surface area (Å²) in [5.41, 5.74) is 1.23. The quantitative estimate of drug-likeness (QED) is 0.745. The highest BCUT2D eigenvalue weighted by molar-refractivity contribution is 5.77. The number of halogens is 3. The monoisotopic (exact) mass is 380 g/mol. The second kappa shape index (κ2) is 9.30. The van der Waals surface area contributed by atoms with Crippen LogP contribution < -0.4 is 15.0 Å². The average molecular weight is 380 g/mol. The molecule has 0 fully saturated rings. The summed E-state index contributed by atoms with van der Waals surface area (Å²) in [6, 6.07) is 12.3. The molecule has 0 saturated heterocycles. The van der Waals surface area contributed by atoms with Crippen molar-refractivity contribution in [1.82, 2.24) is 5.32 Å². The van der Waals surface area contributed by atoms with Crippen molar-refractivity contribution < 1.29 is 22.7 Å². The largest absolute Gasteiger partial charge is 0.484 e. The van der Waals surface area contributed by atoms with Crippen LogP contribution in [-0.4, -0.2) is 25.6 Å². The van der Waals surface area contributed by atoms with Gasteiger partial charge in [0.2, 0.25) is 0 Å². The highest BCUT2D eigenvalue weighted by atomic mass is 19.4. The van der Waals surface area contributed by atoms with Gasteiger partial charge < -0.3 is 15.0 Å². The molecule has 0 saturated carbocycles. The van der Waals surface area contributed by atoms with Crippen LogP contribution in [0.25, 0.3) is 0 Å². The van der Waals surface area contributed by atoms with Crippen molar-refractivity contribution >= 4 is 11.6 Å². The number of hydrogen-bond donors (Lipinski definition) is 1. The van der Waals surface area contributed by atoms with Crippen molar-refractivity contribution in [3.8, 4) is 5.75 Å². The summed E-state index contributed by atoms with van der Waals surface area (Å²) < 4.78 is 43.1. The minimum absolute atomic E-state index is 0.00329. The molecule has 2 aromatic carbocycles. The van der Waals surface area contributed by atoms with E-state index in [0.717, 1.165) is 36.5 Å². The lowest BCUT2D eigenvalue weighted by molar-refractivity contribution is -0.137. The van der Waals surface area contributed by atoms with Crippen molar-refractivity contribution in [1.29, 1.82) is 0 Å². The zero-order valence-corrected chi connectivity index (χ0v) is 15.3. The van der Waals surface area contributed by atoms with Crippen LogP contribution in [0.5, 0.6) is 5.75 Å². The Labute approximate surface area is 156 Å². The first kappa shape index (κ1) is 20.6. The van der Waals surface area contributed by atoms with Gasteiger partial charge in [0, 0.05) is 25.3 Å². The van der Waals surface area contributed by atoms with Gasteiger partial charge in [0.1, 0.15) is 5.75 Å². The second-order valence-electron chi connectivity index (χ2n) is 5.93. The molecule has 0 spiro atoms. The summed E-state index contributed by atoms with van der Waals surface area (Å²) in [5.74, 6) is -0.399. The maximum absolute atomic E-state index is 12.7. The SMILES string of the molecule is CCN(CC)c1ccc(CNC(=O)COc2cccc(C(F)(F)F)c2)cc1. The van der Waals surface area contributed by atoms with Gasteiger partial charge in [-0.25, -0.2) is 0 Å². The maximum atomic E-state index is 12.7. The number of benzene rings is 2. The van der Waals surface area contributed by atoms with Crippen LogP contribution in [0.3, 0.4) is 0 Å². The molecule has 27 heavy (non-hydrogen) atoms. The third-order valence-electron chi connectivity index (χ3n) is 4.09. The Kier molecular flexibility index (Phi) is 7.10. The Morgan fingerprint density at radius 2 is 1.74 bits per heavy atom. The number of rotatable bonds is 8. The fourth-order valence-corrected chi connectivity index (χ4v) is 2.58. The first-order chi connectivity index (χ1) is 12.8. The predicted octanol–water partition coefficient (Wildman–Crippen LogP) is 4.25. The minimum atomic E-state index is -4.45. The molecule has 0 aliphatic carbocycles. The molecule has 146 valence electrons. The summed E-state index contributed by atoms with van der Waals surface area (Å²) in [6.07, 6.45) is -4.45. The molecule has 0 heterocycles. The normalized spacial score (nSPS) is 11.1. The van der Waals surface area contributed by atoms with Crippen molar-refractivity contribution in [2.24, 2.45) is 0 Å². The van der Waals surface area contributed by atoms with Crippen molar-refractivity contribution in [3.05, 3.63) is 59.7 Å². The number of carbonyl (C=O) groups is 1. The van der Waals surface area contributed by atoms with Crippen LogP contribution in [0.1, 0.15) is 25.0 Å². The topological polar surface area (TPSA) is 41.6 Å². The van der Waals surface area contributed by atoms with E-state index in [1.54, 1.807) is 0 Å². The Balaban J connectivity index is 1.83. The molecule has 0 unspecified atom stereocenters. The third kappa shape index (κ3) is 6.20. The van der Waals surface area contributed by atoms with Crippen LogP contribution in [0.15, 0.2) is 48.5 Å². The van der Waals surface area contributed by atoms with Crippen LogP contribution >= 0.6 is 0 Å². The van der Waals surface area contributed by atoms with Gasteiger partial charge in [-0.1, -0.05) is 18.2 Å². The Morgan fingerprint density at radius 3 is 2.33 bits per heavy atom. The van der Waals surface area contributed by atoms with Crippen LogP contribution in [0.2, 0.25) is 0 Å². The van der Waals surface area contributed by atoms with Crippen LogP contribution in [0.4, 0.5) is 18.9 Å². The van der Waals surface area contributed by atoms with E-state index in [2.05, 4.69) is 24.1 Å². The fraction of sp³-hybridized carbons (Fsp3) is 0.350. The number of nitrogens with zero attached hydrogens (tertiary/aromatic N) is 1. The standard InChI is InChI=1S/C20H23F3N2O2/c1-3-25(4-2)17-10-8-15(9-11-17)13-24-19(26)14-27-18-7-5-6-16(12-18)20(21,22)23/h5-12H,3-4,13-14H2,1-2H3,(H,24,26). The zero-order chi connectivity index (χ0) is 19.9. The van der Waals surface area contributed by atoms with Gasteiger partial charge >= 0.3 is 6.18 Å². The van der Waals surface area contributed by atoms with E-state index in [-0.39, 0.29) is 12.4 Å². The van der Waals surface area contributed by atoms with E-state index in [4.69, 9.17) is 4.74 Å². The number of hydrogen-bond acceptors (Lipinski definition) is 3.